The van der Waals surface area contributed by atoms with E-state index in [9.17, 15) is 9.59 Å². The summed E-state index contributed by atoms with van der Waals surface area (Å²) in [5, 5.41) is 2.79. The maximum Gasteiger partial charge on any atom is 0.344 e. The molecule has 0 aliphatic carbocycles. The van der Waals surface area contributed by atoms with Crippen molar-refractivity contribution >= 4 is 11.9 Å². The molecule has 0 fully saturated rings. The number of nitrogens with one attached hydrogen (secondary N) is 1. The first kappa shape index (κ1) is 24.0. The standard InChI is InChI=1S/C23H37NO4/c1-3-4-5-6-7-8-9-10-11-12-22(25)24-17-18-27-23(26)19-28-21-15-13-20(2)14-16-21/h13-16H,3-12,17-19H2,1-2H3,(H,24,25). The summed E-state index contributed by atoms with van der Waals surface area (Å²) in [7, 11) is 0. The van der Waals surface area contributed by atoms with Crippen LogP contribution in [0.15, 0.2) is 24.3 Å². The Morgan fingerprint density at radius 1 is 0.893 bits per heavy atom. The fourth-order valence-electron chi connectivity index (χ4n) is 2.86. The number of hydrogen-bond donors (Lipinski definition) is 1. The molecule has 5 nitrogen and oxygen atoms in total. The highest BCUT2D eigenvalue weighted by Crippen LogP contribution is 2.11. The minimum atomic E-state index is -0.436. The van der Waals surface area contributed by atoms with Crippen LogP contribution in [-0.4, -0.2) is 31.6 Å². The van der Waals surface area contributed by atoms with Gasteiger partial charge in [-0.3, -0.25) is 4.79 Å². The summed E-state index contributed by atoms with van der Waals surface area (Å²) in [5.74, 6) is 0.223. The molecule has 0 saturated carbocycles. The van der Waals surface area contributed by atoms with Gasteiger partial charge in [-0.05, 0) is 25.5 Å². The zero-order chi connectivity index (χ0) is 20.5. The molecule has 0 aromatic heterocycles. The van der Waals surface area contributed by atoms with Crippen molar-refractivity contribution in [2.45, 2.75) is 78.1 Å². The molecule has 0 aliphatic rings. The Kier molecular flexibility index (Phi) is 13.7. The van der Waals surface area contributed by atoms with E-state index in [0.717, 1.165) is 18.4 Å². The fourth-order valence-corrected chi connectivity index (χ4v) is 2.86. The number of esters is 1. The summed E-state index contributed by atoms with van der Waals surface area (Å²) in [4.78, 5) is 23.4. The first-order valence-corrected chi connectivity index (χ1v) is 10.7. The summed E-state index contributed by atoms with van der Waals surface area (Å²) in [5.41, 5.74) is 1.13. The fraction of sp³-hybridized carbons (Fsp3) is 0.652. The molecule has 1 rings (SSSR count). The van der Waals surface area contributed by atoms with Gasteiger partial charge in [0.05, 0.1) is 6.54 Å². The van der Waals surface area contributed by atoms with E-state index in [1.54, 1.807) is 0 Å². The molecule has 1 amide bonds. The van der Waals surface area contributed by atoms with Gasteiger partial charge in [-0.1, -0.05) is 76.0 Å². The van der Waals surface area contributed by atoms with E-state index in [1.807, 2.05) is 31.2 Å². The average molecular weight is 392 g/mol. The molecule has 1 aromatic carbocycles. The van der Waals surface area contributed by atoms with Crippen molar-refractivity contribution in [1.29, 1.82) is 0 Å². The molecule has 158 valence electrons. The van der Waals surface area contributed by atoms with E-state index >= 15 is 0 Å². The highest BCUT2D eigenvalue weighted by atomic mass is 16.6. The van der Waals surface area contributed by atoms with Crippen molar-refractivity contribution in [3.63, 3.8) is 0 Å². The Morgan fingerprint density at radius 3 is 2.14 bits per heavy atom. The lowest BCUT2D eigenvalue weighted by Gasteiger charge is -2.08. The van der Waals surface area contributed by atoms with E-state index < -0.39 is 5.97 Å². The SMILES string of the molecule is CCCCCCCCCCCC(=O)NCCOC(=O)COc1ccc(C)cc1. The molecule has 5 heteroatoms. The topological polar surface area (TPSA) is 64.6 Å². The van der Waals surface area contributed by atoms with Crippen molar-refractivity contribution in [3.05, 3.63) is 29.8 Å². The predicted molar refractivity (Wildman–Crippen MR) is 112 cm³/mol. The van der Waals surface area contributed by atoms with Crippen LogP contribution in [0.1, 0.15) is 76.7 Å². The number of ether oxygens (including phenoxy) is 2. The van der Waals surface area contributed by atoms with Crippen LogP contribution < -0.4 is 10.1 Å². The number of hydrogen-bond acceptors (Lipinski definition) is 4. The van der Waals surface area contributed by atoms with Gasteiger partial charge in [0.1, 0.15) is 12.4 Å². The summed E-state index contributed by atoms with van der Waals surface area (Å²) in [6, 6.07) is 7.47. The molecule has 1 N–H and O–H groups in total. The molecule has 0 saturated heterocycles. The van der Waals surface area contributed by atoms with Crippen molar-refractivity contribution in [1.82, 2.24) is 5.32 Å². The zero-order valence-corrected chi connectivity index (χ0v) is 17.6. The Hall–Kier alpha value is -2.04. The average Bonchev–Trinajstić information content (AvgIpc) is 2.69. The molecule has 0 spiro atoms. The molecule has 0 unspecified atom stereocenters. The van der Waals surface area contributed by atoms with E-state index in [-0.39, 0.29) is 19.1 Å². The molecule has 0 radical (unpaired) electrons. The van der Waals surface area contributed by atoms with Crippen molar-refractivity contribution in [2.24, 2.45) is 0 Å². The van der Waals surface area contributed by atoms with Crippen LogP contribution in [0, 0.1) is 6.92 Å². The van der Waals surface area contributed by atoms with Crippen LogP contribution in [0.3, 0.4) is 0 Å². The third-order valence-corrected chi connectivity index (χ3v) is 4.57. The molecule has 0 atom stereocenters. The summed E-state index contributed by atoms with van der Waals surface area (Å²) < 4.78 is 10.4. The van der Waals surface area contributed by atoms with Gasteiger partial charge in [0.15, 0.2) is 6.61 Å². The quantitative estimate of drug-likeness (QED) is 0.320. The van der Waals surface area contributed by atoms with Crippen LogP contribution in [0.4, 0.5) is 0 Å². The van der Waals surface area contributed by atoms with E-state index in [1.165, 1.54) is 44.9 Å². The maximum atomic E-state index is 11.8. The maximum absolute atomic E-state index is 11.8. The van der Waals surface area contributed by atoms with Gasteiger partial charge < -0.3 is 14.8 Å². The van der Waals surface area contributed by atoms with Gasteiger partial charge in [0.25, 0.3) is 0 Å². The van der Waals surface area contributed by atoms with Gasteiger partial charge in [0.2, 0.25) is 5.91 Å². The molecule has 28 heavy (non-hydrogen) atoms. The number of benzene rings is 1. The van der Waals surface area contributed by atoms with Crippen LogP contribution >= 0.6 is 0 Å². The smallest absolute Gasteiger partial charge is 0.344 e. The minimum Gasteiger partial charge on any atom is -0.482 e. The number of carbonyl (C=O) groups excluding carboxylic acids is 2. The van der Waals surface area contributed by atoms with Crippen molar-refractivity contribution in [2.75, 3.05) is 19.8 Å². The number of rotatable bonds is 16. The number of unbranched alkanes of at least 4 members (excludes halogenated alkanes) is 8. The van der Waals surface area contributed by atoms with Gasteiger partial charge in [-0.25, -0.2) is 4.79 Å². The third kappa shape index (κ3) is 13.2. The normalized spacial score (nSPS) is 10.5. The Balaban J connectivity index is 1.91. The van der Waals surface area contributed by atoms with Crippen molar-refractivity contribution in [3.8, 4) is 5.75 Å². The van der Waals surface area contributed by atoms with Crippen LogP contribution in [0.25, 0.3) is 0 Å². The second-order valence-corrected chi connectivity index (χ2v) is 7.25. The molecule has 0 heterocycles. The van der Waals surface area contributed by atoms with Gasteiger partial charge in [0, 0.05) is 6.42 Å². The number of aryl methyl sites for hydroxylation is 1. The monoisotopic (exact) mass is 391 g/mol. The van der Waals surface area contributed by atoms with E-state index in [0.29, 0.717) is 18.7 Å². The second kappa shape index (κ2) is 16.0. The van der Waals surface area contributed by atoms with Crippen LogP contribution in [-0.2, 0) is 14.3 Å². The number of carbonyl (C=O) groups is 2. The summed E-state index contributed by atoms with van der Waals surface area (Å²) >= 11 is 0. The van der Waals surface area contributed by atoms with Crippen molar-refractivity contribution < 1.29 is 19.1 Å². The molecule has 1 aromatic rings. The Bertz CT molecular complexity index is 542. The zero-order valence-electron chi connectivity index (χ0n) is 17.6. The lowest BCUT2D eigenvalue weighted by molar-refractivity contribution is -0.146. The van der Waals surface area contributed by atoms with E-state index in [2.05, 4.69) is 12.2 Å². The second-order valence-electron chi connectivity index (χ2n) is 7.25. The molecular weight excluding hydrogens is 354 g/mol. The first-order valence-electron chi connectivity index (χ1n) is 10.7. The van der Waals surface area contributed by atoms with E-state index in [4.69, 9.17) is 9.47 Å². The molecule has 0 aliphatic heterocycles. The third-order valence-electron chi connectivity index (χ3n) is 4.57. The lowest BCUT2D eigenvalue weighted by Crippen LogP contribution is -2.28. The Labute approximate surface area is 170 Å². The first-order chi connectivity index (χ1) is 13.6. The predicted octanol–water partition coefficient (Wildman–Crippen LogP) is 4.95. The summed E-state index contributed by atoms with van der Waals surface area (Å²) in [6.45, 7) is 4.60. The Morgan fingerprint density at radius 2 is 1.50 bits per heavy atom. The van der Waals surface area contributed by atoms with Crippen LogP contribution in [0.5, 0.6) is 5.75 Å². The summed E-state index contributed by atoms with van der Waals surface area (Å²) in [6.07, 6.45) is 11.7. The largest absolute Gasteiger partial charge is 0.482 e. The van der Waals surface area contributed by atoms with Crippen LogP contribution in [0.2, 0.25) is 0 Å². The molecular formula is C23H37NO4. The van der Waals surface area contributed by atoms with Gasteiger partial charge in [-0.15, -0.1) is 0 Å². The minimum absolute atomic E-state index is 0.0231. The lowest BCUT2D eigenvalue weighted by atomic mass is 10.1. The highest BCUT2D eigenvalue weighted by molar-refractivity contribution is 5.75. The van der Waals surface area contributed by atoms with Gasteiger partial charge >= 0.3 is 5.97 Å². The number of amides is 1. The highest BCUT2D eigenvalue weighted by Gasteiger charge is 2.05. The molecule has 0 bridgehead atoms. The van der Waals surface area contributed by atoms with Gasteiger partial charge in [-0.2, -0.15) is 0 Å².